The molecule has 2 aromatic rings. The molecule has 0 atom stereocenters. The van der Waals surface area contributed by atoms with Gasteiger partial charge < -0.3 is 5.11 Å². The Hall–Kier alpha value is -1.88. The summed E-state index contributed by atoms with van der Waals surface area (Å²) >= 11 is 3.38. The zero-order valence-corrected chi connectivity index (χ0v) is 12.9. The molecule has 0 saturated heterocycles. The van der Waals surface area contributed by atoms with Crippen LogP contribution in [0.15, 0.2) is 34.9 Å². The molecule has 0 saturated carbocycles. The quantitative estimate of drug-likeness (QED) is 0.686. The lowest BCUT2D eigenvalue weighted by Crippen LogP contribution is -2.01. The predicted octanol–water partition coefficient (Wildman–Crippen LogP) is 3.58. The zero-order chi connectivity index (χ0) is 14.7. The Bertz CT molecular complexity index is 675. The number of hydrogen-bond acceptors (Lipinski definition) is 3. The summed E-state index contributed by atoms with van der Waals surface area (Å²) in [6.45, 7) is 4.59. The van der Waals surface area contributed by atoms with Crippen LogP contribution in [0.2, 0.25) is 0 Å². The molecule has 0 aliphatic carbocycles. The number of carbonyl (C=O) groups is 1. The number of aryl methyl sites for hydroxylation is 1. The summed E-state index contributed by atoms with van der Waals surface area (Å²) in [5.41, 5.74) is 2.20. The number of phenolic OH excluding ortho intramolecular Hbond substituents is 1. The summed E-state index contributed by atoms with van der Waals surface area (Å²) in [6, 6.07) is 4.91. The first kappa shape index (κ1) is 14.5. The highest BCUT2D eigenvalue weighted by molar-refractivity contribution is 9.10. The van der Waals surface area contributed by atoms with Crippen molar-refractivity contribution in [2.24, 2.45) is 0 Å². The number of allylic oxidation sites excluding steroid dienone is 1. The standard InChI is InChI=1S/C15H15BrN2O2/c1-3-18-10(2)13(9-17-18)15(20)7-4-11-8-12(19)5-6-14(11)16/h4-9,19H,3H2,1-2H3/b7-4-. The predicted molar refractivity (Wildman–Crippen MR) is 81.8 cm³/mol. The third-order valence-corrected chi connectivity index (χ3v) is 3.78. The normalized spacial score (nSPS) is 11.2. The van der Waals surface area contributed by atoms with Crippen LogP contribution in [-0.4, -0.2) is 20.7 Å². The van der Waals surface area contributed by atoms with Crippen LogP contribution in [0, 0.1) is 6.92 Å². The van der Waals surface area contributed by atoms with E-state index < -0.39 is 0 Å². The van der Waals surface area contributed by atoms with Gasteiger partial charge in [0.25, 0.3) is 0 Å². The van der Waals surface area contributed by atoms with Gasteiger partial charge in [0.15, 0.2) is 5.78 Å². The summed E-state index contributed by atoms with van der Waals surface area (Å²) < 4.78 is 2.60. The maximum Gasteiger partial charge on any atom is 0.189 e. The third-order valence-electron chi connectivity index (χ3n) is 3.06. The molecule has 0 aliphatic rings. The molecule has 0 fully saturated rings. The Labute approximate surface area is 125 Å². The Kier molecular flexibility index (Phi) is 4.39. The number of phenols is 1. The van der Waals surface area contributed by atoms with Crippen molar-refractivity contribution in [3.63, 3.8) is 0 Å². The topological polar surface area (TPSA) is 55.1 Å². The molecule has 1 N–H and O–H groups in total. The van der Waals surface area contributed by atoms with E-state index in [0.29, 0.717) is 5.56 Å². The van der Waals surface area contributed by atoms with E-state index in [1.165, 1.54) is 6.08 Å². The average molecular weight is 335 g/mol. The van der Waals surface area contributed by atoms with Crippen molar-refractivity contribution in [2.75, 3.05) is 0 Å². The van der Waals surface area contributed by atoms with Crippen LogP contribution in [0.25, 0.3) is 6.08 Å². The molecule has 0 bridgehead atoms. The molecule has 20 heavy (non-hydrogen) atoms. The molecular weight excluding hydrogens is 320 g/mol. The lowest BCUT2D eigenvalue weighted by molar-refractivity contribution is 0.104. The number of rotatable bonds is 4. The van der Waals surface area contributed by atoms with E-state index in [1.54, 1.807) is 35.2 Å². The fraction of sp³-hybridized carbons (Fsp3) is 0.200. The van der Waals surface area contributed by atoms with E-state index in [-0.39, 0.29) is 11.5 Å². The van der Waals surface area contributed by atoms with Crippen LogP contribution < -0.4 is 0 Å². The maximum absolute atomic E-state index is 12.1. The SMILES string of the molecule is CCn1ncc(C(=O)/C=C\c2cc(O)ccc2Br)c1C. The lowest BCUT2D eigenvalue weighted by Gasteiger charge is -2.00. The van der Waals surface area contributed by atoms with Gasteiger partial charge in [0, 0.05) is 16.7 Å². The van der Waals surface area contributed by atoms with Crippen molar-refractivity contribution < 1.29 is 9.90 Å². The molecule has 0 spiro atoms. The van der Waals surface area contributed by atoms with E-state index >= 15 is 0 Å². The molecule has 0 aliphatic heterocycles. The smallest absolute Gasteiger partial charge is 0.189 e. The van der Waals surface area contributed by atoms with Crippen molar-refractivity contribution in [3.8, 4) is 5.75 Å². The molecule has 1 aromatic heterocycles. The molecular formula is C15H15BrN2O2. The van der Waals surface area contributed by atoms with E-state index in [9.17, 15) is 9.90 Å². The van der Waals surface area contributed by atoms with Gasteiger partial charge >= 0.3 is 0 Å². The second-order valence-electron chi connectivity index (χ2n) is 4.36. The Balaban J connectivity index is 2.24. The molecule has 1 heterocycles. The molecule has 4 nitrogen and oxygen atoms in total. The van der Waals surface area contributed by atoms with Gasteiger partial charge in [-0.05, 0) is 49.8 Å². The number of carbonyl (C=O) groups excluding carboxylic acids is 1. The van der Waals surface area contributed by atoms with Crippen LogP contribution >= 0.6 is 15.9 Å². The Morgan fingerprint density at radius 2 is 2.25 bits per heavy atom. The van der Waals surface area contributed by atoms with Crippen LogP contribution in [0.4, 0.5) is 0 Å². The number of halogens is 1. The largest absolute Gasteiger partial charge is 0.508 e. The molecule has 1 aromatic carbocycles. The maximum atomic E-state index is 12.1. The second kappa shape index (κ2) is 6.05. The minimum Gasteiger partial charge on any atom is -0.508 e. The summed E-state index contributed by atoms with van der Waals surface area (Å²) in [5, 5.41) is 13.6. The first-order valence-electron chi connectivity index (χ1n) is 6.26. The van der Waals surface area contributed by atoms with Crippen molar-refractivity contribution in [1.29, 1.82) is 0 Å². The number of aromatic hydroxyl groups is 1. The lowest BCUT2D eigenvalue weighted by atomic mass is 10.1. The van der Waals surface area contributed by atoms with Gasteiger partial charge in [0.1, 0.15) is 5.75 Å². The Morgan fingerprint density at radius 3 is 2.90 bits per heavy atom. The van der Waals surface area contributed by atoms with Crippen LogP contribution in [0.5, 0.6) is 5.75 Å². The van der Waals surface area contributed by atoms with E-state index in [4.69, 9.17) is 0 Å². The van der Waals surface area contributed by atoms with Crippen LogP contribution in [0.1, 0.15) is 28.5 Å². The van der Waals surface area contributed by atoms with Crippen molar-refractivity contribution in [3.05, 3.63) is 51.8 Å². The average Bonchev–Trinajstić information content (AvgIpc) is 2.80. The fourth-order valence-electron chi connectivity index (χ4n) is 1.92. The zero-order valence-electron chi connectivity index (χ0n) is 11.3. The molecule has 0 unspecified atom stereocenters. The fourth-order valence-corrected chi connectivity index (χ4v) is 2.30. The van der Waals surface area contributed by atoms with E-state index in [2.05, 4.69) is 21.0 Å². The third kappa shape index (κ3) is 2.99. The Morgan fingerprint density at radius 1 is 1.50 bits per heavy atom. The molecule has 104 valence electrons. The molecule has 0 amide bonds. The second-order valence-corrected chi connectivity index (χ2v) is 5.22. The summed E-state index contributed by atoms with van der Waals surface area (Å²) in [5.74, 6) is 0.0627. The van der Waals surface area contributed by atoms with Gasteiger partial charge in [-0.2, -0.15) is 5.10 Å². The number of nitrogens with zero attached hydrogens (tertiary/aromatic N) is 2. The highest BCUT2D eigenvalue weighted by Crippen LogP contribution is 2.23. The summed E-state index contributed by atoms with van der Waals surface area (Å²) in [6.07, 6.45) is 4.75. The minimum absolute atomic E-state index is 0.0996. The van der Waals surface area contributed by atoms with E-state index in [1.807, 2.05) is 13.8 Å². The number of hydrogen-bond donors (Lipinski definition) is 1. The van der Waals surface area contributed by atoms with E-state index in [0.717, 1.165) is 22.3 Å². The van der Waals surface area contributed by atoms with Crippen LogP contribution in [0.3, 0.4) is 0 Å². The molecule has 5 heteroatoms. The highest BCUT2D eigenvalue weighted by Gasteiger charge is 2.11. The van der Waals surface area contributed by atoms with Gasteiger partial charge in [-0.3, -0.25) is 9.48 Å². The van der Waals surface area contributed by atoms with Gasteiger partial charge in [0.05, 0.1) is 11.8 Å². The van der Waals surface area contributed by atoms with Gasteiger partial charge in [-0.1, -0.05) is 15.9 Å². The number of ketones is 1. The van der Waals surface area contributed by atoms with Gasteiger partial charge in [-0.15, -0.1) is 0 Å². The minimum atomic E-state index is -0.0996. The van der Waals surface area contributed by atoms with Crippen molar-refractivity contribution >= 4 is 27.8 Å². The van der Waals surface area contributed by atoms with Gasteiger partial charge in [0.2, 0.25) is 0 Å². The first-order valence-corrected chi connectivity index (χ1v) is 7.05. The monoisotopic (exact) mass is 334 g/mol. The first-order chi connectivity index (χ1) is 9.52. The van der Waals surface area contributed by atoms with Gasteiger partial charge in [-0.25, -0.2) is 0 Å². The number of benzene rings is 1. The van der Waals surface area contributed by atoms with Crippen LogP contribution in [-0.2, 0) is 6.54 Å². The van der Waals surface area contributed by atoms with Crippen molar-refractivity contribution in [1.82, 2.24) is 9.78 Å². The summed E-state index contributed by atoms with van der Waals surface area (Å²) in [7, 11) is 0. The molecule has 0 radical (unpaired) electrons. The highest BCUT2D eigenvalue weighted by atomic mass is 79.9. The van der Waals surface area contributed by atoms with Crippen molar-refractivity contribution in [2.45, 2.75) is 20.4 Å². The summed E-state index contributed by atoms with van der Waals surface area (Å²) in [4.78, 5) is 12.1. The molecule has 2 rings (SSSR count). The number of aromatic nitrogens is 2.